The third-order valence-corrected chi connectivity index (χ3v) is 3.07. The lowest BCUT2D eigenvalue weighted by Crippen LogP contribution is -2.45. The fourth-order valence-corrected chi connectivity index (χ4v) is 1.96. The van der Waals surface area contributed by atoms with E-state index in [4.69, 9.17) is 5.73 Å². The Labute approximate surface area is 112 Å². The first-order valence-corrected chi connectivity index (χ1v) is 6.39. The highest BCUT2D eigenvalue weighted by Crippen LogP contribution is 2.24. The van der Waals surface area contributed by atoms with Crippen LogP contribution in [0.15, 0.2) is 24.3 Å². The summed E-state index contributed by atoms with van der Waals surface area (Å²) in [5.74, 6) is -0.125. The zero-order valence-corrected chi connectivity index (χ0v) is 11.3. The van der Waals surface area contributed by atoms with Crippen molar-refractivity contribution in [3.63, 3.8) is 0 Å². The van der Waals surface area contributed by atoms with Crippen LogP contribution in [0.25, 0.3) is 0 Å². The number of carbonyl (C=O) groups is 2. The Morgan fingerprint density at radius 3 is 2.74 bits per heavy atom. The van der Waals surface area contributed by atoms with Crippen LogP contribution < -0.4 is 16.0 Å². The van der Waals surface area contributed by atoms with E-state index in [1.54, 1.807) is 30.9 Å². The minimum atomic E-state index is -0.931. The van der Waals surface area contributed by atoms with Crippen LogP contribution in [0.5, 0.6) is 0 Å². The average molecular weight is 261 g/mol. The summed E-state index contributed by atoms with van der Waals surface area (Å²) in [6.45, 7) is 4.03. The Bertz CT molecular complexity index is 506. The predicted molar refractivity (Wildman–Crippen MR) is 74.9 cm³/mol. The van der Waals surface area contributed by atoms with Gasteiger partial charge >= 0.3 is 0 Å². The number of anilines is 2. The molecule has 1 saturated heterocycles. The van der Waals surface area contributed by atoms with Crippen molar-refractivity contribution < 1.29 is 9.59 Å². The summed E-state index contributed by atoms with van der Waals surface area (Å²) in [7, 11) is 0. The first-order valence-electron chi connectivity index (χ1n) is 6.39. The van der Waals surface area contributed by atoms with E-state index >= 15 is 0 Å². The molecule has 1 fully saturated rings. The van der Waals surface area contributed by atoms with E-state index in [1.165, 1.54) is 0 Å². The molecule has 5 heteroatoms. The van der Waals surface area contributed by atoms with Gasteiger partial charge in [0.25, 0.3) is 0 Å². The molecule has 2 rings (SSSR count). The van der Waals surface area contributed by atoms with Crippen LogP contribution in [-0.4, -0.2) is 23.9 Å². The summed E-state index contributed by atoms with van der Waals surface area (Å²) in [5, 5.41) is 2.76. The van der Waals surface area contributed by atoms with E-state index in [0.29, 0.717) is 12.1 Å². The minimum Gasteiger partial charge on any atom is -0.324 e. The summed E-state index contributed by atoms with van der Waals surface area (Å²) in [5.41, 5.74) is 6.27. The summed E-state index contributed by atoms with van der Waals surface area (Å²) in [4.78, 5) is 25.2. The van der Waals surface area contributed by atoms with E-state index in [0.717, 1.165) is 18.7 Å². The van der Waals surface area contributed by atoms with Gasteiger partial charge in [0.1, 0.15) is 0 Å². The van der Waals surface area contributed by atoms with E-state index in [9.17, 15) is 9.59 Å². The fraction of sp³-hybridized carbons (Fsp3) is 0.429. The molecule has 19 heavy (non-hydrogen) atoms. The van der Waals surface area contributed by atoms with Gasteiger partial charge < -0.3 is 16.0 Å². The number of hydrogen-bond acceptors (Lipinski definition) is 3. The molecular formula is C14H19N3O2. The first kappa shape index (κ1) is 13.5. The van der Waals surface area contributed by atoms with Crippen LogP contribution in [0, 0.1) is 0 Å². The number of hydrogen-bond donors (Lipinski definition) is 2. The second-order valence-corrected chi connectivity index (χ2v) is 5.38. The van der Waals surface area contributed by atoms with Gasteiger partial charge in [-0.15, -0.1) is 0 Å². The zero-order chi connectivity index (χ0) is 14.0. The molecule has 0 aliphatic carbocycles. The van der Waals surface area contributed by atoms with Crippen LogP contribution in [0.1, 0.15) is 26.7 Å². The fourth-order valence-electron chi connectivity index (χ4n) is 1.96. The highest BCUT2D eigenvalue weighted by molar-refractivity contribution is 5.99. The van der Waals surface area contributed by atoms with Gasteiger partial charge in [-0.05, 0) is 38.5 Å². The third-order valence-electron chi connectivity index (χ3n) is 3.07. The van der Waals surface area contributed by atoms with E-state index in [-0.39, 0.29) is 11.8 Å². The SMILES string of the molecule is CC(C)(N)C(=O)Nc1cccc(N2CCCC2=O)c1. The molecule has 1 aromatic rings. The second-order valence-electron chi connectivity index (χ2n) is 5.38. The average Bonchev–Trinajstić information content (AvgIpc) is 2.74. The molecule has 0 atom stereocenters. The molecule has 1 aliphatic heterocycles. The first-order chi connectivity index (χ1) is 8.88. The van der Waals surface area contributed by atoms with Crippen molar-refractivity contribution >= 4 is 23.2 Å². The number of nitrogens with zero attached hydrogens (tertiary/aromatic N) is 1. The second kappa shape index (κ2) is 5.01. The quantitative estimate of drug-likeness (QED) is 0.865. The molecular weight excluding hydrogens is 242 g/mol. The van der Waals surface area contributed by atoms with Gasteiger partial charge in [0, 0.05) is 24.3 Å². The molecule has 1 aromatic carbocycles. The molecule has 102 valence electrons. The van der Waals surface area contributed by atoms with Crippen LogP contribution >= 0.6 is 0 Å². The van der Waals surface area contributed by atoms with Gasteiger partial charge in [-0.2, -0.15) is 0 Å². The van der Waals surface area contributed by atoms with Crippen molar-refractivity contribution in [3.05, 3.63) is 24.3 Å². The lowest BCUT2D eigenvalue weighted by Gasteiger charge is -2.20. The molecule has 0 aromatic heterocycles. The lowest BCUT2D eigenvalue weighted by molar-refractivity contribution is -0.120. The summed E-state index contributed by atoms with van der Waals surface area (Å²) < 4.78 is 0. The number of rotatable bonds is 3. The van der Waals surface area contributed by atoms with Crippen molar-refractivity contribution in [2.75, 3.05) is 16.8 Å². The molecule has 3 N–H and O–H groups in total. The van der Waals surface area contributed by atoms with Gasteiger partial charge in [-0.1, -0.05) is 6.07 Å². The summed E-state index contributed by atoms with van der Waals surface area (Å²) in [6, 6.07) is 7.27. The molecule has 0 unspecified atom stereocenters. The minimum absolute atomic E-state index is 0.127. The van der Waals surface area contributed by atoms with Gasteiger partial charge in [0.15, 0.2) is 0 Å². The smallest absolute Gasteiger partial charge is 0.243 e. The van der Waals surface area contributed by atoms with Gasteiger partial charge in [0.05, 0.1) is 5.54 Å². The van der Waals surface area contributed by atoms with Crippen molar-refractivity contribution in [1.29, 1.82) is 0 Å². The molecule has 5 nitrogen and oxygen atoms in total. The Hall–Kier alpha value is -1.88. The van der Waals surface area contributed by atoms with Crippen molar-refractivity contribution in [2.24, 2.45) is 5.73 Å². The molecule has 0 radical (unpaired) electrons. The zero-order valence-electron chi connectivity index (χ0n) is 11.3. The maximum atomic E-state index is 11.8. The van der Waals surface area contributed by atoms with Crippen molar-refractivity contribution in [3.8, 4) is 0 Å². The Morgan fingerprint density at radius 1 is 1.42 bits per heavy atom. The van der Waals surface area contributed by atoms with Crippen LogP contribution in [0.2, 0.25) is 0 Å². The number of amides is 2. The van der Waals surface area contributed by atoms with Crippen molar-refractivity contribution in [1.82, 2.24) is 0 Å². The van der Waals surface area contributed by atoms with E-state index in [2.05, 4.69) is 5.32 Å². The normalized spacial score (nSPS) is 15.7. The summed E-state index contributed by atoms with van der Waals surface area (Å²) >= 11 is 0. The third kappa shape index (κ3) is 3.12. The molecule has 2 amide bonds. The molecule has 0 saturated carbocycles. The monoisotopic (exact) mass is 261 g/mol. The Balaban J connectivity index is 2.16. The number of carbonyl (C=O) groups excluding carboxylic acids is 2. The molecule has 0 spiro atoms. The number of nitrogens with one attached hydrogen (secondary N) is 1. The maximum absolute atomic E-state index is 11.8. The van der Waals surface area contributed by atoms with Gasteiger partial charge in [-0.25, -0.2) is 0 Å². The highest BCUT2D eigenvalue weighted by atomic mass is 16.2. The van der Waals surface area contributed by atoms with Crippen LogP contribution in [0.4, 0.5) is 11.4 Å². The van der Waals surface area contributed by atoms with Crippen molar-refractivity contribution in [2.45, 2.75) is 32.2 Å². The Kier molecular flexibility index (Phi) is 3.57. The number of benzene rings is 1. The highest BCUT2D eigenvalue weighted by Gasteiger charge is 2.24. The van der Waals surface area contributed by atoms with Gasteiger partial charge in [0.2, 0.25) is 11.8 Å². The lowest BCUT2D eigenvalue weighted by atomic mass is 10.1. The standard InChI is InChI=1S/C14H19N3O2/c1-14(2,15)13(19)16-10-5-3-6-11(9-10)17-8-4-7-12(17)18/h3,5-6,9H,4,7-8,15H2,1-2H3,(H,16,19). The van der Waals surface area contributed by atoms with E-state index in [1.807, 2.05) is 12.1 Å². The maximum Gasteiger partial charge on any atom is 0.243 e. The van der Waals surface area contributed by atoms with E-state index < -0.39 is 5.54 Å². The van der Waals surface area contributed by atoms with Gasteiger partial charge in [-0.3, -0.25) is 9.59 Å². The van der Waals surface area contributed by atoms with Crippen LogP contribution in [0.3, 0.4) is 0 Å². The molecule has 0 bridgehead atoms. The molecule has 1 aliphatic rings. The predicted octanol–water partition coefficient (Wildman–Crippen LogP) is 1.49. The summed E-state index contributed by atoms with van der Waals surface area (Å²) in [6.07, 6.45) is 1.47. The molecule has 1 heterocycles. The van der Waals surface area contributed by atoms with Crippen LogP contribution in [-0.2, 0) is 9.59 Å². The topological polar surface area (TPSA) is 75.4 Å². The number of nitrogens with two attached hydrogens (primary N) is 1. The largest absolute Gasteiger partial charge is 0.324 e. The Morgan fingerprint density at radius 2 is 2.16 bits per heavy atom.